The Hall–Kier alpha value is -1.46. The van der Waals surface area contributed by atoms with Crippen molar-refractivity contribution >= 4 is 5.91 Å². The molecule has 0 unspecified atom stereocenters. The van der Waals surface area contributed by atoms with Gasteiger partial charge in [0.25, 0.3) is 5.91 Å². The van der Waals surface area contributed by atoms with Crippen molar-refractivity contribution in [2.45, 2.75) is 51.2 Å². The minimum atomic E-state index is -1.33. The molecule has 1 aliphatic carbocycles. The summed E-state index contributed by atoms with van der Waals surface area (Å²) < 4.78 is 13.6. The summed E-state index contributed by atoms with van der Waals surface area (Å²) in [4.78, 5) is 14.5. The lowest BCUT2D eigenvalue weighted by Crippen LogP contribution is -2.58. The van der Waals surface area contributed by atoms with Crippen molar-refractivity contribution in [3.63, 3.8) is 0 Å². The maximum atomic E-state index is 13.6. The quantitative estimate of drug-likeness (QED) is 0.840. The van der Waals surface area contributed by atoms with Crippen LogP contribution in [0.3, 0.4) is 0 Å². The molecule has 24 heavy (non-hydrogen) atoms. The minimum Gasteiger partial charge on any atom is -0.379 e. The first-order chi connectivity index (χ1) is 11.5. The molecule has 1 aromatic carbocycles. The van der Waals surface area contributed by atoms with E-state index in [4.69, 9.17) is 0 Å². The van der Waals surface area contributed by atoms with Crippen molar-refractivity contribution in [3.8, 4) is 0 Å². The Morgan fingerprint density at radius 2 is 2.17 bits per heavy atom. The normalized spacial score (nSPS) is 25.0. The van der Waals surface area contributed by atoms with Crippen molar-refractivity contribution in [1.82, 2.24) is 10.2 Å². The summed E-state index contributed by atoms with van der Waals surface area (Å²) >= 11 is 0. The zero-order valence-corrected chi connectivity index (χ0v) is 14.4. The number of carbonyl (C=O) groups excluding carboxylic acids is 1. The van der Waals surface area contributed by atoms with Gasteiger partial charge in [-0.2, -0.15) is 0 Å². The molecule has 132 valence electrons. The van der Waals surface area contributed by atoms with Gasteiger partial charge in [-0.15, -0.1) is 0 Å². The van der Waals surface area contributed by atoms with Gasteiger partial charge in [-0.05, 0) is 55.7 Å². The fraction of sp³-hybridized carbons (Fsp3) is 0.632. The van der Waals surface area contributed by atoms with E-state index in [0.717, 1.165) is 25.1 Å². The maximum absolute atomic E-state index is 13.6. The molecule has 1 heterocycles. The van der Waals surface area contributed by atoms with Crippen LogP contribution in [-0.4, -0.2) is 41.1 Å². The number of carbonyl (C=O) groups is 1. The van der Waals surface area contributed by atoms with E-state index in [0.29, 0.717) is 24.4 Å². The second kappa shape index (κ2) is 7.19. The number of aliphatic hydroxyl groups is 1. The first kappa shape index (κ1) is 17.4. The molecule has 0 radical (unpaired) electrons. The van der Waals surface area contributed by atoms with Crippen LogP contribution in [-0.2, 0) is 11.3 Å². The van der Waals surface area contributed by atoms with Gasteiger partial charge in [0.2, 0.25) is 0 Å². The molecule has 1 aromatic rings. The Labute approximate surface area is 143 Å². The molecule has 0 bridgehead atoms. The minimum absolute atomic E-state index is 0.150. The molecule has 1 saturated heterocycles. The van der Waals surface area contributed by atoms with Crippen molar-refractivity contribution in [3.05, 3.63) is 35.1 Å². The monoisotopic (exact) mass is 334 g/mol. The van der Waals surface area contributed by atoms with Crippen LogP contribution in [0.15, 0.2) is 18.2 Å². The van der Waals surface area contributed by atoms with Crippen LogP contribution < -0.4 is 5.32 Å². The van der Waals surface area contributed by atoms with E-state index < -0.39 is 5.60 Å². The van der Waals surface area contributed by atoms with Gasteiger partial charge in [0.05, 0.1) is 0 Å². The van der Waals surface area contributed by atoms with E-state index in [1.54, 1.807) is 13.0 Å². The van der Waals surface area contributed by atoms with Gasteiger partial charge in [-0.3, -0.25) is 4.79 Å². The van der Waals surface area contributed by atoms with Crippen LogP contribution in [0.1, 0.15) is 43.2 Å². The van der Waals surface area contributed by atoms with Crippen LogP contribution in [0.5, 0.6) is 0 Å². The molecule has 3 rings (SSSR count). The molecule has 2 fully saturated rings. The zero-order chi connectivity index (χ0) is 17.2. The summed E-state index contributed by atoms with van der Waals surface area (Å²) in [6.07, 6.45) is 4.96. The third kappa shape index (κ3) is 3.78. The number of rotatable bonds is 6. The van der Waals surface area contributed by atoms with E-state index in [1.165, 1.54) is 25.3 Å². The Kier molecular flexibility index (Phi) is 5.21. The molecule has 1 amide bonds. The predicted molar refractivity (Wildman–Crippen MR) is 90.9 cm³/mol. The molecule has 1 aliphatic heterocycles. The fourth-order valence-corrected chi connectivity index (χ4v) is 3.55. The van der Waals surface area contributed by atoms with Crippen molar-refractivity contribution in [2.24, 2.45) is 5.92 Å². The molecule has 1 atom stereocenters. The predicted octanol–water partition coefficient (Wildman–Crippen LogP) is 2.38. The van der Waals surface area contributed by atoms with E-state index in [1.807, 2.05) is 11.0 Å². The lowest BCUT2D eigenvalue weighted by molar-refractivity contribution is -0.157. The van der Waals surface area contributed by atoms with Crippen LogP contribution >= 0.6 is 0 Å². The van der Waals surface area contributed by atoms with E-state index in [-0.39, 0.29) is 18.3 Å². The number of amides is 1. The first-order valence-corrected chi connectivity index (χ1v) is 8.95. The highest BCUT2D eigenvalue weighted by molar-refractivity contribution is 5.86. The summed E-state index contributed by atoms with van der Waals surface area (Å²) in [5.74, 6) is 0.233. The number of benzene rings is 1. The van der Waals surface area contributed by atoms with Gasteiger partial charge in [0.1, 0.15) is 5.82 Å². The van der Waals surface area contributed by atoms with Crippen LogP contribution in [0.2, 0.25) is 0 Å². The van der Waals surface area contributed by atoms with Gasteiger partial charge in [0.15, 0.2) is 5.60 Å². The summed E-state index contributed by atoms with van der Waals surface area (Å²) in [5.41, 5.74) is 0.105. The van der Waals surface area contributed by atoms with Gasteiger partial charge < -0.3 is 15.3 Å². The molecule has 2 N–H and O–H groups in total. The van der Waals surface area contributed by atoms with Gasteiger partial charge in [-0.25, -0.2) is 4.39 Å². The van der Waals surface area contributed by atoms with Crippen molar-refractivity contribution < 1.29 is 14.3 Å². The highest BCUT2D eigenvalue weighted by Crippen LogP contribution is 2.30. The molecular formula is C19H27FN2O2. The Morgan fingerprint density at radius 1 is 1.38 bits per heavy atom. The molecule has 2 aliphatic rings. The molecule has 4 nitrogen and oxygen atoms in total. The smallest absolute Gasteiger partial charge is 0.255 e. The average Bonchev–Trinajstić information content (AvgIpc) is 2.51. The van der Waals surface area contributed by atoms with Crippen molar-refractivity contribution in [2.75, 3.05) is 19.6 Å². The van der Waals surface area contributed by atoms with Crippen molar-refractivity contribution in [1.29, 1.82) is 0 Å². The van der Waals surface area contributed by atoms with Gasteiger partial charge in [0, 0.05) is 26.2 Å². The molecule has 5 heteroatoms. The maximum Gasteiger partial charge on any atom is 0.255 e. The Balaban J connectivity index is 1.54. The number of aryl methyl sites for hydroxylation is 1. The van der Waals surface area contributed by atoms with E-state index in [9.17, 15) is 14.3 Å². The third-order valence-electron chi connectivity index (χ3n) is 5.39. The number of nitrogens with zero attached hydrogens (tertiary/aromatic N) is 1. The highest BCUT2D eigenvalue weighted by atomic mass is 19.1. The lowest BCUT2D eigenvalue weighted by Gasteiger charge is -2.41. The van der Waals surface area contributed by atoms with Crippen LogP contribution in [0.4, 0.5) is 4.39 Å². The fourth-order valence-electron chi connectivity index (χ4n) is 3.55. The number of piperidine rings is 1. The SMILES string of the molecule is Cc1ccc(CNC[C@@]2(O)CCCN(CC3CCC3)C2=O)cc1F. The summed E-state index contributed by atoms with van der Waals surface area (Å²) in [5, 5.41) is 13.9. The molecule has 0 aromatic heterocycles. The Morgan fingerprint density at radius 3 is 2.83 bits per heavy atom. The zero-order valence-electron chi connectivity index (χ0n) is 14.4. The number of likely N-dealkylation sites (tertiary alicyclic amines) is 1. The average molecular weight is 334 g/mol. The Bertz CT molecular complexity index is 603. The topological polar surface area (TPSA) is 52.6 Å². The van der Waals surface area contributed by atoms with E-state index in [2.05, 4.69) is 5.32 Å². The standard InChI is InChI=1S/C19H27FN2O2/c1-14-6-7-16(10-17(14)20)11-21-13-19(24)8-3-9-22(18(19)23)12-15-4-2-5-15/h6-7,10,15,21,24H,2-5,8-9,11-13H2,1H3/t19-/m0/s1. The second-order valence-corrected chi connectivity index (χ2v) is 7.37. The summed E-state index contributed by atoms with van der Waals surface area (Å²) in [6.45, 7) is 3.91. The van der Waals surface area contributed by atoms with Gasteiger partial charge in [-0.1, -0.05) is 18.6 Å². The van der Waals surface area contributed by atoms with Crippen LogP contribution in [0, 0.1) is 18.7 Å². The molecule has 1 saturated carbocycles. The summed E-state index contributed by atoms with van der Waals surface area (Å²) in [7, 11) is 0. The lowest BCUT2D eigenvalue weighted by atomic mass is 9.83. The largest absolute Gasteiger partial charge is 0.379 e. The highest BCUT2D eigenvalue weighted by Gasteiger charge is 2.42. The number of hydrogen-bond donors (Lipinski definition) is 2. The molecule has 0 spiro atoms. The third-order valence-corrected chi connectivity index (χ3v) is 5.39. The number of halogens is 1. The first-order valence-electron chi connectivity index (χ1n) is 8.95. The number of hydrogen-bond acceptors (Lipinski definition) is 3. The summed E-state index contributed by atoms with van der Waals surface area (Å²) in [6, 6.07) is 5.10. The van der Waals surface area contributed by atoms with E-state index >= 15 is 0 Å². The number of nitrogens with one attached hydrogen (secondary N) is 1. The second-order valence-electron chi connectivity index (χ2n) is 7.37. The van der Waals surface area contributed by atoms with Crippen LogP contribution in [0.25, 0.3) is 0 Å². The van der Waals surface area contributed by atoms with Gasteiger partial charge >= 0.3 is 0 Å². The molecular weight excluding hydrogens is 307 g/mol.